The van der Waals surface area contributed by atoms with Crippen LogP contribution < -0.4 is 0 Å². The van der Waals surface area contributed by atoms with E-state index in [9.17, 15) is 14.4 Å². The van der Waals surface area contributed by atoms with Gasteiger partial charge in [-0.3, -0.25) is 14.4 Å². The predicted octanol–water partition coefficient (Wildman–Crippen LogP) is 21.1. The standard InChI is InChI=1S/C67H116O6/c1-4-7-10-13-16-19-22-25-28-30-32-33-35-37-40-43-46-49-52-55-58-61-67(70)73-64(62-71-65(68)59-56-53-50-47-44-41-38-27-24-21-18-15-12-9-6-3)63-72-66(69)60-57-54-51-48-45-42-39-36-34-31-29-26-23-20-17-14-11-8-5-2/h9,12,17-18,20-21,26-27,29,34,36,38,42,45,64H,4-8,10-11,13-16,19,22-25,28,30-33,35,37,39-41,43-44,46-63H2,1-3H3/b12-9-,20-17-,21-18-,29-26-,36-34-,38-27-,45-42-/t64-/m1/s1. The zero-order chi connectivity index (χ0) is 52.9. The summed E-state index contributed by atoms with van der Waals surface area (Å²) in [5.74, 6) is -0.929. The third-order valence-electron chi connectivity index (χ3n) is 13.4. The van der Waals surface area contributed by atoms with Crippen LogP contribution in [0.25, 0.3) is 0 Å². The molecule has 0 bridgehead atoms. The molecule has 0 fully saturated rings. The number of unbranched alkanes of at least 4 members (excludes halogenated alkanes) is 31. The van der Waals surface area contributed by atoms with Crippen molar-refractivity contribution in [1.29, 1.82) is 0 Å². The quantitative estimate of drug-likeness (QED) is 0.0261. The molecule has 420 valence electrons. The Kier molecular flexibility index (Phi) is 58.3. The van der Waals surface area contributed by atoms with Crippen molar-refractivity contribution in [2.24, 2.45) is 0 Å². The van der Waals surface area contributed by atoms with Crippen LogP contribution in [0.3, 0.4) is 0 Å². The highest BCUT2D eigenvalue weighted by Gasteiger charge is 2.19. The third-order valence-corrected chi connectivity index (χ3v) is 13.4. The maximum Gasteiger partial charge on any atom is 0.306 e. The van der Waals surface area contributed by atoms with E-state index in [-0.39, 0.29) is 31.1 Å². The fraction of sp³-hybridized carbons (Fsp3) is 0.746. The highest BCUT2D eigenvalue weighted by molar-refractivity contribution is 5.71. The molecule has 6 nitrogen and oxygen atoms in total. The lowest BCUT2D eigenvalue weighted by atomic mass is 10.0. The second-order valence-corrected chi connectivity index (χ2v) is 20.6. The molecule has 0 saturated carbocycles. The van der Waals surface area contributed by atoms with Crippen LogP contribution >= 0.6 is 0 Å². The molecular weight excluding hydrogens is 901 g/mol. The summed E-state index contributed by atoms with van der Waals surface area (Å²) in [6, 6.07) is 0. The molecule has 0 aliphatic heterocycles. The number of rotatable bonds is 56. The summed E-state index contributed by atoms with van der Waals surface area (Å²) in [5, 5.41) is 0. The van der Waals surface area contributed by atoms with Crippen LogP contribution in [0.2, 0.25) is 0 Å². The SMILES string of the molecule is CC/C=C\C/C=C\C/C=C\CCCCCCCC(=O)OC[C@H](COC(=O)CCCCC/C=C\C/C=C\C/C=C\C/C=C\CCCCC)OC(=O)CCCCCCCCCCCCCCCCCCCCCCC. The second-order valence-electron chi connectivity index (χ2n) is 20.6. The molecule has 0 radical (unpaired) electrons. The van der Waals surface area contributed by atoms with E-state index in [4.69, 9.17) is 14.2 Å². The Morgan fingerprint density at radius 3 is 0.877 bits per heavy atom. The molecule has 0 amide bonds. The van der Waals surface area contributed by atoms with E-state index >= 15 is 0 Å². The zero-order valence-electron chi connectivity index (χ0n) is 48.1. The van der Waals surface area contributed by atoms with E-state index in [0.717, 1.165) is 122 Å². The Morgan fingerprint density at radius 2 is 0.534 bits per heavy atom. The zero-order valence-corrected chi connectivity index (χ0v) is 48.1. The van der Waals surface area contributed by atoms with Gasteiger partial charge < -0.3 is 14.2 Å². The average Bonchev–Trinajstić information content (AvgIpc) is 3.39. The van der Waals surface area contributed by atoms with Gasteiger partial charge in [-0.2, -0.15) is 0 Å². The van der Waals surface area contributed by atoms with Crippen LogP contribution in [0, 0.1) is 0 Å². The Balaban J connectivity index is 4.42. The molecule has 0 aliphatic rings. The van der Waals surface area contributed by atoms with Crippen LogP contribution in [0.1, 0.15) is 303 Å². The number of hydrogen-bond acceptors (Lipinski definition) is 6. The van der Waals surface area contributed by atoms with Gasteiger partial charge in [-0.25, -0.2) is 0 Å². The molecule has 0 rings (SSSR count). The first-order valence-corrected chi connectivity index (χ1v) is 31.1. The predicted molar refractivity (Wildman–Crippen MR) is 316 cm³/mol. The average molecular weight is 1020 g/mol. The van der Waals surface area contributed by atoms with Crippen molar-refractivity contribution in [1.82, 2.24) is 0 Å². The minimum absolute atomic E-state index is 0.0940. The van der Waals surface area contributed by atoms with Gasteiger partial charge in [0, 0.05) is 19.3 Å². The summed E-state index contributed by atoms with van der Waals surface area (Å²) in [5.41, 5.74) is 0. The van der Waals surface area contributed by atoms with E-state index < -0.39 is 6.10 Å². The summed E-state index contributed by atoms with van der Waals surface area (Å²) in [7, 11) is 0. The molecule has 0 spiro atoms. The van der Waals surface area contributed by atoms with E-state index in [1.54, 1.807) is 0 Å². The van der Waals surface area contributed by atoms with Crippen molar-refractivity contribution in [3.8, 4) is 0 Å². The normalized spacial score (nSPS) is 12.6. The maximum absolute atomic E-state index is 12.9. The fourth-order valence-electron chi connectivity index (χ4n) is 8.74. The lowest BCUT2D eigenvalue weighted by Gasteiger charge is -2.18. The number of ether oxygens (including phenoxy) is 3. The molecule has 0 aromatic heterocycles. The number of hydrogen-bond donors (Lipinski definition) is 0. The van der Waals surface area contributed by atoms with E-state index in [1.807, 2.05) is 0 Å². The number of allylic oxidation sites excluding steroid dienone is 14. The van der Waals surface area contributed by atoms with Gasteiger partial charge in [-0.1, -0.05) is 273 Å². The molecule has 0 aromatic rings. The Labute approximate surface area is 452 Å². The van der Waals surface area contributed by atoms with Gasteiger partial charge in [0.05, 0.1) is 0 Å². The Morgan fingerprint density at radius 1 is 0.288 bits per heavy atom. The molecule has 0 heterocycles. The van der Waals surface area contributed by atoms with Gasteiger partial charge in [0.25, 0.3) is 0 Å². The maximum atomic E-state index is 12.9. The summed E-state index contributed by atoms with van der Waals surface area (Å²) < 4.78 is 16.9. The van der Waals surface area contributed by atoms with Crippen molar-refractivity contribution < 1.29 is 28.6 Å². The largest absolute Gasteiger partial charge is 0.462 e. The molecule has 1 atom stereocenters. The van der Waals surface area contributed by atoms with Crippen LogP contribution in [0.5, 0.6) is 0 Å². The van der Waals surface area contributed by atoms with Gasteiger partial charge in [-0.05, 0) is 96.3 Å². The first-order chi connectivity index (χ1) is 36.0. The molecule has 0 aromatic carbocycles. The van der Waals surface area contributed by atoms with Crippen molar-refractivity contribution in [3.05, 3.63) is 85.1 Å². The highest BCUT2D eigenvalue weighted by atomic mass is 16.6. The summed E-state index contributed by atoms with van der Waals surface area (Å²) in [6.07, 6.45) is 80.1. The van der Waals surface area contributed by atoms with Gasteiger partial charge in [0.2, 0.25) is 0 Å². The molecular formula is C67H116O6. The van der Waals surface area contributed by atoms with E-state index in [0.29, 0.717) is 19.3 Å². The Bertz CT molecular complexity index is 1400. The summed E-state index contributed by atoms with van der Waals surface area (Å²) in [4.78, 5) is 38.3. The van der Waals surface area contributed by atoms with E-state index in [2.05, 4.69) is 106 Å². The molecule has 0 N–H and O–H groups in total. The summed E-state index contributed by atoms with van der Waals surface area (Å²) in [6.45, 7) is 6.49. The van der Waals surface area contributed by atoms with Crippen molar-refractivity contribution in [2.45, 2.75) is 309 Å². The number of carbonyl (C=O) groups excluding carboxylic acids is 3. The molecule has 6 heteroatoms. The summed E-state index contributed by atoms with van der Waals surface area (Å²) >= 11 is 0. The minimum Gasteiger partial charge on any atom is -0.462 e. The highest BCUT2D eigenvalue weighted by Crippen LogP contribution is 2.17. The molecule has 0 aliphatic carbocycles. The van der Waals surface area contributed by atoms with Crippen molar-refractivity contribution in [2.75, 3.05) is 13.2 Å². The van der Waals surface area contributed by atoms with Gasteiger partial charge in [0.1, 0.15) is 13.2 Å². The Hall–Kier alpha value is -3.41. The fourth-order valence-corrected chi connectivity index (χ4v) is 8.74. The lowest BCUT2D eigenvalue weighted by Crippen LogP contribution is -2.30. The second kappa shape index (κ2) is 61.1. The molecule has 73 heavy (non-hydrogen) atoms. The van der Waals surface area contributed by atoms with Crippen LogP contribution in [-0.4, -0.2) is 37.2 Å². The van der Waals surface area contributed by atoms with E-state index in [1.165, 1.54) is 141 Å². The number of esters is 3. The van der Waals surface area contributed by atoms with Crippen molar-refractivity contribution in [3.63, 3.8) is 0 Å². The third kappa shape index (κ3) is 59.3. The number of carbonyl (C=O) groups is 3. The van der Waals surface area contributed by atoms with Crippen LogP contribution in [0.15, 0.2) is 85.1 Å². The topological polar surface area (TPSA) is 78.9 Å². The monoisotopic (exact) mass is 1020 g/mol. The first-order valence-electron chi connectivity index (χ1n) is 31.1. The van der Waals surface area contributed by atoms with Gasteiger partial charge in [-0.15, -0.1) is 0 Å². The molecule has 0 saturated heterocycles. The van der Waals surface area contributed by atoms with Crippen LogP contribution in [-0.2, 0) is 28.6 Å². The minimum atomic E-state index is -0.797. The lowest BCUT2D eigenvalue weighted by molar-refractivity contribution is -0.167. The van der Waals surface area contributed by atoms with Gasteiger partial charge in [0.15, 0.2) is 6.10 Å². The first kappa shape index (κ1) is 69.6. The van der Waals surface area contributed by atoms with Crippen LogP contribution in [0.4, 0.5) is 0 Å². The molecule has 0 unspecified atom stereocenters. The van der Waals surface area contributed by atoms with Crippen molar-refractivity contribution >= 4 is 17.9 Å². The smallest absolute Gasteiger partial charge is 0.306 e. The van der Waals surface area contributed by atoms with Gasteiger partial charge >= 0.3 is 17.9 Å².